The van der Waals surface area contributed by atoms with Crippen LogP contribution < -0.4 is 9.47 Å². The lowest BCUT2D eigenvalue weighted by Crippen LogP contribution is -2.38. The summed E-state index contributed by atoms with van der Waals surface area (Å²) in [6.07, 6.45) is 7.92. The van der Waals surface area contributed by atoms with Crippen LogP contribution in [0.2, 0.25) is 0 Å². The second kappa shape index (κ2) is 6.73. The van der Waals surface area contributed by atoms with Crippen LogP contribution in [0.15, 0.2) is 48.8 Å². The molecule has 3 rings (SSSR count). The average Bonchev–Trinajstić information content (AvgIpc) is 2.57. The Kier molecular flexibility index (Phi) is 4.52. The van der Waals surface area contributed by atoms with E-state index >= 15 is 0 Å². The zero-order valence-electron chi connectivity index (χ0n) is 13.2. The average molecular weight is 295 g/mol. The van der Waals surface area contributed by atoms with Crippen LogP contribution in [0.5, 0.6) is 0 Å². The van der Waals surface area contributed by atoms with E-state index in [1.165, 1.54) is 30.5 Å². The van der Waals surface area contributed by atoms with Crippen molar-refractivity contribution < 1.29 is 9.36 Å². The molecule has 3 heteroatoms. The number of nitrogens with zero attached hydrogens (tertiary/aromatic N) is 2. The molecule has 1 aromatic carbocycles. The number of hydrogen-bond donors (Lipinski definition) is 0. The Hall–Kier alpha value is -2.16. The van der Waals surface area contributed by atoms with Crippen LogP contribution in [0.25, 0.3) is 0 Å². The fourth-order valence-electron chi connectivity index (χ4n) is 2.91. The van der Waals surface area contributed by atoms with Crippen LogP contribution in [-0.4, -0.2) is 18.9 Å². The number of carbonyl (C=O) groups is 1. The number of Topliss-reactive ketones (excluding diaryl/α,β-unsaturated/α-hetero) is 1. The van der Waals surface area contributed by atoms with Gasteiger partial charge in [-0.3, -0.25) is 4.79 Å². The molecule has 0 saturated carbocycles. The summed E-state index contributed by atoms with van der Waals surface area (Å²) >= 11 is 0. The van der Waals surface area contributed by atoms with Crippen LogP contribution in [0.3, 0.4) is 0 Å². The van der Waals surface area contributed by atoms with Crippen molar-refractivity contribution in [3.8, 4) is 0 Å². The van der Waals surface area contributed by atoms with Gasteiger partial charge in [-0.15, -0.1) is 0 Å². The molecule has 0 radical (unpaired) electrons. The molecular weight excluding hydrogens is 272 g/mol. The second-order valence-electron chi connectivity index (χ2n) is 6.07. The van der Waals surface area contributed by atoms with Gasteiger partial charge < -0.3 is 4.90 Å². The van der Waals surface area contributed by atoms with E-state index in [9.17, 15) is 4.79 Å². The van der Waals surface area contributed by atoms with Crippen molar-refractivity contribution in [2.24, 2.45) is 0 Å². The van der Waals surface area contributed by atoms with E-state index in [1.807, 2.05) is 48.1 Å². The Bertz CT molecular complexity index is 625. The largest absolute Gasteiger partial charge is 0.371 e. The number of pyridine rings is 1. The minimum Gasteiger partial charge on any atom is -0.371 e. The number of piperidine rings is 1. The summed E-state index contributed by atoms with van der Waals surface area (Å²) in [7, 11) is 0. The first-order valence-electron chi connectivity index (χ1n) is 8.06. The highest BCUT2D eigenvalue weighted by Gasteiger charge is 2.14. The summed E-state index contributed by atoms with van der Waals surface area (Å²) in [6.45, 7) is 4.71. The number of benzene rings is 1. The van der Waals surface area contributed by atoms with E-state index in [0.717, 1.165) is 18.7 Å². The molecule has 2 aromatic rings. The van der Waals surface area contributed by atoms with Gasteiger partial charge in [0.1, 0.15) is 0 Å². The molecule has 1 aromatic heterocycles. The minimum absolute atomic E-state index is 0.149. The van der Waals surface area contributed by atoms with E-state index < -0.39 is 0 Å². The fourth-order valence-corrected chi connectivity index (χ4v) is 2.91. The van der Waals surface area contributed by atoms with Crippen LogP contribution >= 0.6 is 0 Å². The van der Waals surface area contributed by atoms with Gasteiger partial charge in [-0.25, -0.2) is 0 Å². The molecule has 1 fully saturated rings. The predicted octanol–water partition coefficient (Wildman–Crippen LogP) is 3.16. The Morgan fingerprint density at radius 1 is 1.00 bits per heavy atom. The van der Waals surface area contributed by atoms with Gasteiger partial charge in [-0.05, 0) is 26.2 Å². The molecule has 0 atom stereocenters. The summed E-state index contributed by atoms with van der Waals surface area (Å²) < 4.78 is 1.95. The van der Waals surface area contributed by atoms with Crippen LogP contribution in [0.4, 0.5) is 5.69 Å². The molecule has 0 N–H and O–H groups in total. The van der Waals surface area contributed by atoms with E-state index in [4.69, 9.17) is 0 Å². The number of rotatable bonds is 4. The third kappa shape index (κ3) is 3.53. The zero-order chi connectivity index (χ0) is 15.4. The minimum atomic E-state index is 0.149. The van der Waals surface area contributed by atoms with Gasteiger partial charge >= 0.3 is 0 Å². The maximum atomic E-state index is 12.3. The van der Waals surface area contributed by atoms with Crippen molar-refractivity contribution >= 4 is 11.5 Å². The summed E-state index contributed by atoms with van der Waals surface area (Å²) in [4.78, 5) is 14.7. The second-order valence-corrected chi connectivity index (χ2v) is 6.07. The number of aromatic nitrogens is 1. The summed E-state index contributed by atoms with van der Waals surface area (Å²) in [5.74, 6) is 0.149. The van der Waals surface area contributed by atoms with Crippen molar-refractivity contribution in [3.05, 3.63) is 59.9 Å². The van der Waals surface area contributed by atoms with Gasteiger partial charge in [-0.2, -0.15) is 4.57 Å². The lowest BCUT2D eigenvalue weighted by atomic mass is 10.1. The predicted molar refractivity (Wildman–Crippen MR) is 88.2 cm³/mol. The standard InChI is InChI=1S/C19H23N2O/c1-16-5-7-17(8-6-16)19(22)15-20-13-9-18(10-14-20)21-11-3-2-4-12-21/h5-10,13-14H,2-4,11-12,15H2,1H3/q+1. The third-order valence-corrected chi connectivity index (χ3v) is 4.29. The number of ketones is 1. The smallest absolute Gasteiger partial charge is 0.227 e. The van der Waals surface area contributed by atoms with Crippen LogP contribution in [-0.2, 0) is 6.54 Å². The number of aryl methyl sites for hydroxylation is 1. The van der Waals surface area contributed by atoms with Crippen LogP contribution in [0, 0.1) is 6.92 Å². The van der Waals surface area contributed by atoms with Crippen molar-refractivity contribution in [2.75, 3.05) is 18.0 Å². The van der Waals surface area contributed by atoms with Gasteiger partial charge in [0.25, 0.3) is 0 Å². The van der Waals surface area contributed by atoms with Gasteiger partial charge in [0, 0.05) is 36.5 Å². The highest BCUT2D eigenvalue weighted by molar-refractivity contribution is 5.95. The molecule has 2 heterocycles. The molecule has 0 unspecified atom stereocenters. The number of anilines is 1. The summed E-state index contributed by atoms with van der Waals surface area (Å²) in [5.41, 5.74) is 3.21. The molecule has 3 nitrogen and oxygen atoms in total. The summed E-state index contributed by atoms with van der Waals surface area (Å²) in [5, 5.41) is 0. The lowest BCUT2D eigenvalue weighted by molar-refractivity contribution is -0.683. The third-order valence-electron chi connectivity index (χ3n) is 4.29. The Morgan fingerprint density at radius 3 is 2.27 bits per heavy atom. The zero-order valence-corrected chi connectivity index (χ0v) is 13.2. The Balaban J connectivity index is 1.65. The maximum absolute atomic E-state index is 12.3. The SMILES string of the molecule is Cc1ccc(C(=O)C[n+]2ccc(N3CCCCC3)cc2)cc1. The van der Waals surface area contributed by atoms with Crippen molar-refractivity contribution in [2.45, 2.75) is 32.7 Å². The quantitative estimate of drug-likeness (QED) is 0.639. The van der Waals surface area contributed by atoms with Gasteiger partial charge in [-0.1, -0.05) is 29.8 Å². The molecule has 0 amide bonds. The highest BCUT2D eigenvalue weighted by Crippen LogP contribution is 2.17. The number of hydrogen-bond acceptors (Lipinski definition) is 2. The topological polar surface area (TPSA) is 24.2 Å². The Morgan fingerprint density at radius 2 is 1.64 bits per heavy atom. The molecule has 0 bridgehead atoms. The Labute approximate surface area is 132 Å². The molecule has 1 saturated heterocycles. The normalized spacial score (nSPS) is 14.9. The van der Waals surface area contributed by atoms with Gasteiger partial charge in [0.05, 0.1) is 0 Å². The molecule has 114 valence electrons. The van der Waals surface area contributed by atoms with E-state index in [0.29, 0.717) is 6.54 Å². The highest BCUT2D eigenvalue weighted by atomic mass is 16.1. The van der Waals surface area contributed by atoms with E-state index in [2.05, 4.69) is 17.0 Å². The van der Waals surface area contributed by atoms with Gasteiger partial charge in [0.15, 0.2) is 12.4 Å². The monoisotopic (exact) mass is 295 g/mol. The van der Waals surface area contributed by atoms with Gasteiger partial charge in [0.2, 0.25) is 12.3 Å². The molecule has 0 spiro atoms. The maximum Gasteiger partial charge on any atom is 0.227 e. The van der Waals surface area contributed by atoms with Crippen LogP contribution in [0.1, 0.15) is 35.2 Å². The van der Waals surface area contributed by atoms with Crippen molar-refractivity contribution in [1.29, 1.82) is 0 Å². The van der Waals surface area contributed by atoms with E-state index in [-0.39, 0.29) is 5.78 Å². The van der Waals surface area contributed by atoms with E-state index in [1.54, 1.807) is 0 Å². The van der Waals surface area contributed by atoms with Crippen molar-refractivity contribution in [1.82, 2.24) is 0 Å². The lowest BCUT2D eigenvalue weighted by Gasteiger charge is -2.28. The molecule has 0 aliphatic carbocycles. The number of carbonyl (C=O) groups excluding carboxylic acids is 1. The molecule has 22 heavy (non-hydrogen) atoms. The summed E-state index contributed by atoms with van der Waals surface area (Å²) in [6, 6.07) is 12.0. The molecule has 1 aliphatic rings. The molecular formula is C19H23N2O+. The fraction of sp³-hybridized carbons (Fsp3) is 0.368. The first-order chi connectivity index (χ1) is 10.7. The first-order valence-corrected chi connectivity index (χ1v) is 8.06. The molecule has 1 aliphatic heterocycles. The first kappa shape index (κ1) is 14.8. The van der Waals surface area contributed by atoms with Crippen molar-refractivity contribution in [3.63, 3.8) is 0 Å².